The first-order chi connectivity index (χ1) is 2.00. The van der Waals surface area contributed by atoms with Gasteiger partial charge in [-0.25, -0.2) is 0 Å². The van der Waals surface area contributed by atoms with Gasteiger partial charge in [0.05, 0.1) is 0 Å². The van der Waals surface area contributed by atoms with Crippen LogP contribution >= 0.6 is 0 Å². The van der Waals surface area contributed by atoms with Crippen molar-refractivity contribution in [2.24, 2.45) is 0 Å². The predicted octanol–water partition coefficient (Wildman–Crippen LogP) is -4.40. The molecule has 0 bridgehead atoms. The molecule has 0 spiro atoms. The Morgan fingerprint density at radius 2 is 1.25 bits per heavy atom. The van der Waals surface area contributed by atoms with Crippen molar-refractivity contribution < 1.29 is 69.3 Å². The van der Waals surface area contributed by atoms with Crippen LogP contribution < -0.4 is 18.9 Å². The molecular formula is H5CaCoLiMnO4. The summed E-state index contributed by atoms with van der Waals surface area (Å²) in [4.78, 5) is 0. The molecule has 48 valence electrons. The van der Waals surface area contributed by atoms with Crippen LogP contribution in [0, 0.1) is 0 Å². The molecule has 8 heavy (non-hydrogen) atoms. The maximum atomic E-state index is 8.80. The Morgan fingerprint density at radius 1 is 1.25 bits per heavy atom. The summed E-state index contributed by atoms with van der Waals surface area (Å²) < 4.78 is 31.8. The second-order valence-corrected chi connectivity index (χ2v) is 1.71. The molecule has 0 amide bonds. The van der Waals surface area contributed by atoms with Crippen LogP contribution in [0.1, 0.15) is 4.28 Å². The molecule has 0 aliphatic heterocycles. The minimum atomic E-state index is -5.12. The van der Waals surface area contributed by atoms with Crippen LogP contribution in [0.4, 0.5) is 0 Å². The van der Waals surface area contributed by atoms with E-state index in [9.17, 15) is 0 Å². The van der Waals surface area contributed by atoms with E-state index >= 15 is 0 Å². The zero-order chi connectivity index (χ0) is 4.50. The number of hydrogen-bond acceptors (Lipinski definition) is 2. The standard InChI is InChI=1S/Ca.Co.Li.Mn.2H2O.2O.3H/h;;;;2*1H2;;;;;/q+2;;+1;+2;;;;;3*-1/p-2. The van der Waals surface area contributed by atoms with Gasteiger partial charge in [-0.2, -0.15) is 0 Å². The third kappa shape index (κ3) is 79.7. The Balaban J connectivity index is -0.00000000533. The quantitative estimate of drug-likeness (QED) is 0.412. The molecule has 0 rings (SSSR count). The van der Waals surface area contributed by atoms with E-state index in [2.05, 4.69) is 0 Å². The predicted molar refractivity (Wildman–Crippen MR) is 14.9 cm³/mol. The van der Waals surface area contributed by atoms with Crippen LogP contribution in [0.15, 0.2) is 0 Å². The molecule has 0 aliphatic rings. The molecule has 0 saturated carbocycles. The summed E-state index contributed by atoms with van der Waals surface area (Å²) in [7, 11) is 0. The zero-order valence-electron chi connectivity index (χ0n) is 7.13. The second kappa shape index (κ2) is 9.40. The third-order valence-electron chi connectivity index (χ3n) is 0. The van der Waals surface area contributed by atoms with E-state index in [0.717, 1.165) is 0 Å². The fourth-order valence-corrected chi connectivity index (χ4v) is 0. The fraction of sp³-hybridized carbons (Fsp3) is 0. The van der Waals surface area contributed by atoms with Crippen LogP contribution in [0.25, 0.3) is 0 Å². The summed E-state index contributed by atoms with van der Waals surface area (Å²) in [5.74, 6) is 0. The van der Waals surface area contributed by atoms with Crippen molar-refractivity contribution in [3.05, 3.63) is 0 Å². The molecule has 0 aliphatic carbocycles. The summed E-state index contributed by atoms with van der Waals surface area (Å²) in [5, 5.41) is 0. The SMILES string of the molecule is [Ca+2].[Co].[H-].[H-].[H-].[Li+].[O]=[Mn](=[O])([OH])[OH]. The first-order valence-corrected chi connectivity index (χ1v) is 2.67. The molecule has 0 saturated heterocycles. The molecule has 0 aromatic heterocycles. The first kappa shape index (κ1) is 22.4. The summed E-state index contributed by atoms with van der Waals surface area (Å²) in [6, 6.07) is 0. The van der Waals surface area contributed by atoms with Crippen LogP contribution in [0.3, 0.4) is 0 Å². The Morgan fingerprint density at radius 3 is 1.25 bits per heavy atom. The van der Waals surface area contributed by atoms with Crippen LogP contribution in [0.5, 0.6) is 0 Å². The van der Waals surface area contributed by atoms with Crippen molar-refractivity contribution >= 4 is 37.7 Å². The van der Waals surface area contributed by atoms with Gasteiger partial charge in [0.1, 0.15) is 0 Å². The molecule has 8 heteroatoms. The molecule has 2 N–H and O–H groups in total. The fourth-order valence-electron chi connectivity index (χ4n) is 0. The van der Waals surface area contributed by atoms with E-state index in [4.69, 9.17) is 16.0 Å². The van der Waals surface area contributed by atoms with E-state index in [-0.39, 0.29) is 77.7 Å². The molecule has 1 radical (unpaired) electrons. The minimum absolute atomic E-state index is 0. The summed E-state index contributed by atoms with van der Waals surface area (Å²) in [6.45, 7) is 0. The topological polar surface area (TPSA) is 74.6 Å². The molecule has 0 heterocycles. The third-order valence-corrected chi connectivity index (χ3v) is 0. The summed E-state index contributed by atoms with van der Waals surface area (Å²) in [5.41, 5.74) is 0. The Bertz CT molecular complexity index is 109. The van der Waals surface area contributed by atoms with E-state index in [1.807, 2.05) is 0 Å². The normalized spacial score (nSPS) is 7.25. The monoisotopic (exact) mass is 230 g/mol. The van der Waals surface area contributed by atoms with Gasteiger partial charge in [0.2, 0.25) is 0 Å². The van der Waals surface area contributed by atoms with Crippen molar-refractivity contribution in [1.29, 1.82) is 0 Å². The van der Waals surface area contributed by atoms with Crippen LogP contribution in [0.2, 0.25) is 0 Å². The maximum absolute atomic E-state index is 8.80. The Hall–Kier alpha value is 2.40. The van der Waals surface area contributed by atoms with Crippen molar-refractivity contribution in [2.75, 3.05) is 0 Å². The number of hydrogen-bond donors (Lipinski definition) is 2. The van der Waals surface area contributed by atoms with Gasteiger partial charge in [0, 0.05) is 16.8 Å². The van der Waals surface area contributed by atoms with Gasteiger partial charge in [-0.3, -0.25) is 0 Å². The van der Waals surface area contributed by atoms with Crippen LogP contribution in [-0.2, 0) is 37.8 Å². The van der Waals surface area contributed by atoms with Crippen molar-refractivity contribution in [2.45, 2.75) is 0 Å². The van der Waals surface area contributed by atoms with E-state index in [1.165, 1.54) is 0 Å². The number of rotatable bonds is 0. The van der Waals surface area contributed by atoms with Gasteiger partial charge < -0.3 is 4.28 Å². The van der Waals surface area contributed by atoms with Crippen molar-refractivity contribution in [3.63, 3.8) is 0 Å². The van der Waals surface area contributed by atoms with Crippen molar-refractivity contribution in [1.82, 2.24) is 0 Å². The molecule has 0 atom stereocenters. The second-order valence-electron chi connectivity index (χ2n) is 0.415. The van der Waals surface area contributed by atoms with Gasteiger partial charge in [-0.1, -0.05) is 0 Å². The van der Waals surface area contributed by atoms with Gasteiger partial charge in [-0.05, 0) is 0 Å². The van der Waals surface area contributed by atoms with Crippen LogP contribution in [-0.4, -0.2) is 46.1 Å². The summed E-state index contributed by atoms with van der Waals surface area (Å²) in [6.07, 6.45) is 0. The molecule has 0 fully saturated rings. The molecular weight excluding hydrogens is 225 g/mol. The van der Waals surface area contributed by atoms with Gasteiger partial charge in [0.15, 0.2) is 0 Å². The van der Waals surface area contributed by atoms with E-state index < -0.39 is 13.4 Å². The molecule has 0 aromatic carbocycles. The molecule has 0 unspecified atom stereocenters. The molecule has 4 nitrogen and oxygen atoms in total. The van der Waals surface area contributed by atoms with Crippen molar-refractivity contribution in [3.8, 4) is 0 Å². The van der Waals surface area contributed by atoms with Gasteiger partial charge in [0.25, 0.3) is 0 Å². The Kier molecular flexibility index (Phi) is 26.4. The van der Waals surface area contributed by atoms with Gasteiger partial charge in [-0.15, -0.1) is 0 Å². The summed E-state index contributed by atoms with van der Waals surface area (Å²) >= 11 is -5.12. The average molecular weight is 230 g/mol. The average Bonchev–Trinajstić information content (AvgIpc) is 0.722. The Labute approximate surface area is 106 Å². The van der Waals surface area contributed by atoms with Gasteiger partial charge >= 0.3 is 86.0 Å². The van der Waals surface area contributed by atoms with E-state index in [0.29, 0.717) is 0 Å². The first-order valence-electron chi connectivity index (χ1n) is 0.647. The van der Waals surface area contributed by atoms with E-state index in [1.54, 1.807) is 0 Å². The zero-order valence-corrected chi connectivity index (χ0v) is 8.56. The molecule has 0 aromatic rings.